The Labute approximate surface area is 185 Å². The van der Waals surface area contributed by atoms with Crippen molar-refractivity contribution in [3.63, 3.8) is 0 Å². The van der Waals surface area contributed by atoms with E-state index in [9.17, 15) is 18.0 Å². The minimum Gasteiger partial charge on any atom is -0.381 e. The Balaban J connectivity index is 1.56. The van der Waals surface area contributed by atoms with Gasteiger partial charge in [-0.25, -0.2) is 0 Å². The Morgan fingerprint density at radius 3 is 2.59 bits per heavy atom. The Kier molecular flexibility index (Phi) is 6.24. The van der Waals surface area contributed by atoms with E-state index in [4.69, 9.17) is 4.74 Å². The zero-order valence-corrected chi connectivity index (χ0v) is 17.9. The number of nitrogens with one attached hydrogen (secondary N) is 1. The Morgan fingerprint density at radius 2 is 1.91 bits per heavy atom. The number of allylic oxidation sites excluding steroid dienone is 1. The van der Waals surface area contributed by atoms with Crippen molar-refractivity contribution in [2.45, 2.75) is 50.7 Å². The van der Waals surface area contributed by atoms with Gasteiger partial charge in [-0.05, 0) is 55.4 Å². The summed E-state index contributed by atoms with van der Waals surface area (Å²) >= 11 is 0. The van der Waals surface area contributed by atoms with Crippen LogP contribution in [0.4, 0.5) is 24.5 Å². The number of hydrogen-bond acceptors (Lipinski definition) is 4. The summed E-state index contributed by atoms with van der Waals surface area (Å²) in [7, 11) is 0. The first-order chi connectivity index (χ1) is 15.3. The Bertz CT molecular complexity index is 998. The van der Waals surface area contributed by atoms with E-state index in [0.717, 1.165) is 41.9 Å². The SMILES string of the molecule is C=C1CC(c2cccc(Nc3cnccc3C(F)(F)F)c2C)CC(=O)N1C1CCOCC1. The van der Waals surface area contributed by atoms with Gasteiger partial charge >= 0.3 is 6.18 Å². The highest BCUT2D eigenvalue weighted by Crippen LogP contribution is 2.40. The van der Waals surface area contributed by atoms with Crippen molar-refractivity contribution in [2.75, 3.05) is 18.5 Å². The van der Waals surface area contributed by atoms with E-state index in [2.05, 4.69) is 16.9 Å². The first-order valence-corrected chi connectivity index (χ1v) is 10.7. The van der Waals surface area contributed by atoms with Crippen LogP contribution in [0.3, 0.4) is 0 Å². The quantitative estimate of drug-likeness (QED) is 0.670. The predicted molar refractivity (Wildman–Crippen MR) is 116 cm³/mol. The molecule has 32 heavy (non-hydrogen) atoms. The average Bonchev–Trinajstić information content (AvgIpc) is 2.75. The van der Waals surface area contributed by atoms with Crippen LogP contribution in [0.15, 0.2) is 48.9 Å². The van der Waals surface area contributed by atoms with Crippen molar-refractivity contribution in [2.24, 2.45) is 0 Å². The molecule has 0 radical (unpaired) electrons. The van der Waals surface area contributed by atoms with E-state index in [1.54, 1.807) is 12.1 Å². The molecule has 0 bridgehead atoms. The summed E-state index contributed by atoms with van der Waals surface area (Å²) in [5.74, 6) is -0.0219. The molecular weight excluding hydrogens is 419 g/mol. The van der Waals surface area contributed by atoms with E-state index in [-0.39, 0.29) is 23.6 Å². The molecule has 0 spiro atoms. The van der Waals surface area contributed by atoms with Gasteiger partial charge < -0.3 is 15.0 Å². The first kappa shape index (κ1) is 22.3. The maximum atomic E-state index is 13.4. The van der Waals surface area contributed by atoms with Crippen LogP contribution < -0.4 is 5.32 Å². The number of ether oxygens (including phenoxy) is 1. The van der Waals surface area contributed by atoms with Crippen molar-refractivity contribution in [1.82, 2.24) is 9.88 Å². The molecule has 1 aromatic heterocycles. The second kappa shape index (κ2) is 8.94. The van der Waals surface area contributed by atoms with Gasteiger partial charge in [0.05, 0.1) is 17.4 Å². The molecule has 1 amide bonds. The third-order valence-electron chi connectivity index (χ3n) is 6.28. The third kappa shape index (κ3) is 4.50. The lowest BCUT2D eigenvalue weighted by molar-refractivity contribution is -0.137. The van der Waals surface area contributed by atoms with Gasteiger partial charge in [-0.1, -0.05) is 18.7 Å². The number of pyridine rings is 1. The molecule has 2 aromatic rings. The van der Waals surface area contributed by atoms with Gasteiger partial charge in [0, 0.05) is 43.3 Å². The molecule has 2 saturated heterocycles. The van der Waals surface area contributed by atoms with Crippen LogP contribution in [-0.2, 0) is 15.7 Å². The van der Waals surface area contributed by atoms with E-state index >= 15 is 0 Å². The monoisotopic (exact) mass is 445 g/mol. The van der Waals surface area contributed by atoms with Crippen LogP contribution in [0.5, 0.6) is 0 Å². The van der Waals surface area contributed by atoms with E-state index in [1.807, 2.05) is 17.9 Å². The molecule has 8 heteroatoms. The number of likely N-dealkylation sites (tertiary alicyclic amines) is 1. The summed E-state index contributed by atoms with van der Waals surface area (Å²) in [4.78, 5) is 18.7. The number of alkyl halides is 3. The minimum absolute atomic E-state index is 0.0440. The van der Waals surface area contributed by atoms with Gasteiger partial charge in [0.2, 0.25) is 5.91 Å². The largest absolute Gasteiger partial charge is 0.418 e. The van der Waals surface area contributed by atoms with E-state index in [1.165, 1.54) is 6.20 Å². The third-order valence-corrected chi connectivity index (χ3v) is 6.28. The standard InChI is InChI=1S/C24H26F3N3O2/c1-15-12-17(13-23(31)30(15)18-7-10-32-11-8-18)19-4-3-5-21(16(19)2)29-22-14-28-9-6-20(22)24(25,26)27/h3-6,9,14,17-18,29H,1,7-8,10-13H2,2H3. The number of nitrogens with zero attached hydrogens (tertiary/aromatic N) is 2. The highest BCUT2D eigenvalue weighted by atomic mass is 19.4. The number of carbonyl (C=O) groups excluding carboxylic acids is 1. The maximum absolute atomic E-state index is 13.4. The smallest absolute Gasteiger partial charge is 0.381 e. The van der Waals surface area contributed by atoms with Crippen LogP contribution in [0, 0.1) is 6.92 Å². The van der Waals surface area contributed by atoms with Crippen LogP contribution >= 0.6 is 0 Å². The Morgan fingerprint density at radius 1 is 1.16 bits per heavy atom. The van der Waals surface area contributed by atoms with Gasteiger partial charge in [-0.15, -0.1) is 0 Å². The lowest BCUT2D eigenvalue weighted by Gasteiger charge is -2.41. The molecule has 1 atom stereocenters. The van der Waals surface area contributed by atoms with Crippen LogP contribution in [0.2, 0.25) is 0 Å². The van der Waals surface area contributed by atoms with Crippen molar-refractivity contribution in [3.8, 4) is 0 Å². The lowest BCUT2D eigenvalue weighted by atomic mass is 9.83. The summed E-state index contributed by atoms with van der Waals surface area (Å²) < 4.78 is 45.5. The fraction of sp³-hybridized carbons (Fsp3) is 0.417. The number of aromatic nitrogens is 1. The molecule has 2 aliphatic heterocycles. The molecule has 1 aromatic carbocycles. The van der Waals surface area contributed by atoms with Gasteiger partial charge in [0.25, 0.3) is 0 Å². The van der Waals surface area contributed by atoms with E-state index < -0.39 is 11.7 Å². The van der Waals surface area contributed by atoms with Crippen molar-refractivity contribution in [3.05, 3.63) is 65.6 Å². The molecular formula is C24H26F3N3O2. The number of rotatable bonds is 4. The molecule has 2 aliphatic rings. The maximum Gasteiger partial charge on any atom is 0.418 e. The van der Waals surface area contributed by atoms with E-state index in [0.29, 0.717) is 31.7 Å². The summed E-state index contributed by atoms with van der Waals surface area (Å²) in [6, 6.07) is 6.55. The molecule has 3 heterocycles. The normalized spacial score (nSPS) is 20.5. The highest BCUT2D eigenvalue weighted by molar-refractivity contribution is 5.81. The summed E-state index contributed by atoms with van der Waals surface area (Å²) in [6.45, 7) is 7.32. The zero-order valence-electron chi connectivity index (χ0n) is 17.9. The summed E-state index contributed by atoms with van der Waals surface area (Å²) in [6.07, 6.45) is 0.405. The summed E-state index contributed by atoms with van der Waals surface area (Å²) in [5, 5.41) is 2.90. The number of carbonyl (C=O) groups is 1. The van der Waals surface area contributed by atoms with Crippen LogP contribution in [0.25, 0.3) is 0 Å². The molecule has 4 rings (SSSR count). The van der Waals surface area contributed by atoms with Crippen molar-refractivity contribution >= 4 is 17.3 Å². The van der Waals surface area contributed by atoms with Crippen LogP contribution in [-0.4, -0.2) is 35.0 Å². The van der Waals surface area contributed by atoms with Gasteiger partial charge in [0.15, 0.2) is 0 Å². The molecule has 5 nitrogen and oxygen atoms in total. The number of amides is 1. The lowest BCUT2D eigenvalue weighted by Crippen LogP contribution is -2.45. The topological polar surface area (TPSA) is 54.5 Å². The molecule has 1 N–H and O–H groups in total. The first-order valence-electron chi connectivity index (χ1n) is 10.7. The fourth-order valence-electron chi connectivity index (χ4n) is 4.68. The van der Waals surface area contributed by atoms with Crippen molar-refractivity contribution in [1.29, 1.82) is 0 Å². The number of hydrogen-bond donors (Lipinski definition) is 1. The molecule has 0 aliphatic carbocycles. The Hall–Kier alpha value is -2.87. The van der Waals surface area contributed by atoms with Crippen LogP contribution in [0.1, 0.15) is 48.3 Å². The van der Waals surface area contributed by atoms with Gasteiger partial charge in [-0.3, -0.25) is 9.78 Å². The summed E-state index contributed by atoms with van der Waals surface area (Å²) in [5.41, 5.74) is 2.23. The van der Waals surface area contributed by atoms with Gasteiger partial charge in [-0.2, -0.15) is 13.2 Å². The zero-order chi connectivity index (χ0) is 22.9. The number of piperidine rings is 1. The molecule has 170 valence electrons. The second-order valence-corrected chi connectivity index (χ2v) is 8.34. The molecule has 1 unspecified atom stereocenters. The second-order valence-electron chi connectivity index (χ2n) is 8.34. The number of benzene rings is 1. The highest BCUT2D eigenvalue weighted by Gasteiger charge is 2.36. The molecule has 2 fully saturated rings. The predicted octanol–water partition coefficient (Wildman–Crippen LogP) is 5.55. The van der Waals surface area contributed by atoms with Crippen molar-refractivity contribution < 1.29 is 22.7 Å². The number of halogens is 3. The average molecular weight is 445 g/mol. The molecule has 0 saturated carbocycles. The number of anilines is 2. The fourth-order valence-corrected chi connectivity index (χ4v) is 4.68. The minimum atomic E-state index is -4.49. The van der Waals surface area contributed by atoms with Gasteiger partial charge in [0.1, 0.15) is 0 Å².